The van der Waals surface area contributed by atoms with E-state index < -0.39 is 5.91 Å². The number of hydrogen-bond donors (Lipinski definition) is 3. The Kier molecular flexibility index (Phi) is 4.09. The molecule has 2 aromatic rings. The molecule has 0 fully saturated rings. The van der Waals surface area contributed by atoms with Crippen LogP contribution < -0.4 is 21.5 Å². The molecule has 1 aromatic heterocycles. The Bertz CT molecular complexity index is 666. The number of nitrogens with two attached hydrogens (primary N) is 2. The number of methoxy groups -OCH3 is 1. The summed E-state index contributed by atoms with van der Waals surface area (Å²) in [7, 11) is 1.55. The third-order valence-corrected chi connectivity index (χ3v) is 3.97. The van der Waals surface area contributed by atoms with E-state index in [-0.39, 0.29) is 18.9 Å². The molecule has 6 nitrogen and oxygen atoms in total. The number of nitrogen functional groups attached to an aromatic ring is 1. The van der Waals surface area contributed by atoms with Gasteiger partial charge in [-0.15, -0.1) is 11.3 Å². The number of primary amides is 1. The first-order valence-corrected chi connectivity index (χ1v) is 6.77. The van der Waals surface area contributed by atoms with E-state index in [1.807, 2.05) is 12.1 Å². The predicted molar refractivity (Wildman–Crippen MR) is 78.9 cm³/mol. The number of rotatable bonds is 5. The van der Waals surface area contributed by atoms with Gasteiger partial charge >= 0.3 is 0 Å². The number of amides is 2. The molecule has 1 heterocycles. The van der Waals surface area contributed by atoms with E-state index in [9.17, 15) is 9.59 Å². The van der Waals surface area contributed by atoms with E-state index in [1.165, 1.54) is 11.3 Å². The van der Waals surface area contributed by atoms with E-state index in [0.717, 1.165) is 10.1 Å². The second-order valence-electron chi connectivity index (χ2n) is 4.15. The van der Waals surface area contributed by atoms with Gasteiger partial charge in [-0.25, -0.2) is 0 Å². The van der Waals surface area contributed by atoms with Crippen LogP contribution in [-0.4, -0.2) is 25.5 Å². The zero-order valence-corrected chi connectivity index (χ0v) is 11.8. The Labute approximate surface area is 119 Å². The molecule has 0 spiro atoms. The van der Waals surface area contributed by atoms with E-state index in [1.54, 1.807) is 13.2 Å². The highest BCUT2D eigenvalue weighted by Gasteiger charge is 2.18. The van der Waals surface area contributed by atoms with Crippen LogP contribution in [0.15, 0.2) is 18.2 Å². The minimum absolute atomic E-state index is 0.0971. The number of carbonyl (C=O) groups excluding carboxylic acids is 2. The standard InChI is InChI=1S/C13H15N3O3S/c1-19-7-3-2-4-8-10(7)11(15)12(20-8)13(18)16-6-5-9(14)17/h2-4H,5-6,15H2,1H3,(H2,14,17)(H,16,18). The van der Waals surface area contributed by atoms with Gasteiger partial charge in [0.15, 0.2) is 0 Å². The number of carbonyl (C=O) groups is 2. The lowest BCUT2D eigenvalue weighted by Gasteiger charge is -2.04. The van der Waals surface area contributed by atoms with Gasteiger partial charge in [0.05, 0.1) is 18.2 Å². The van der Waals surface area contributed by atoms with Crippen LogP contribution in [0.2, 0.25) is 0 Å². The third-order valence-electron chi connectivity index (χ3n) is 2.80. The molecular weight excluding hydrogens is 278 g/mol. The molecule has 0 radical (unpaired) electrons. The average molecular weight is 293 g/mol. The predicted octanol–water partition coefficient (Wildman–Crippen LogP) is 1.10. The molecule has 0 aliphatic carbocycles. The summed E-state index contributed by atoms with van der Waals surface area (Å²) in [6, 6.07) is 5.51. The van der Waals surface area contributed by atoms with Crippen LogP contribution in [-0.2, 0) is 4.79 Å². The van der Waals surface area contributed by atoms with Crippen molar-refractivity contribution < 1.29 is 14.3 Å². The van der Waals surface area contributed by atoms with Gasteiger partial charge in [0.1, 0.15) is 10.6 Å². The molecule has 2 rings (SSSR count). The van der Waals surface area contributed by atoms with Crippen LogP contribution in [0.3, 0.4) is 0 Å². The monoisotopic (exact) mass is 293 g/mol. The third kappa shape index (κ3) is 2.67. The Morgan fingerprint density at radius 2 is 2.15 bits per heavy atom. The van der Waals surface area contributed by atoms with Crippen LogP contribution in [0.5, 0.6) is 5.75 Å². The van der Waals surface area contributed by atoms with Gasteiger partial charge in [0, 0.05) is 17.7 Å². The van der Waals surface area contributed by atoms with Gasteiger partial charge in [-0.3, -0.25) is 9.59 Å². The highest BCUT2D eigenvalue weighted by Crippen LogP contribution is 2.39. The fourth-order valence-corrected chi connectivity index (χ4v) is 2.91. The quantitative estimate of drug-likeness (QED) is 0.767. The Morgan fingerprint density at radius 1 is 1.40 bits per heavy atom. The van der Waals surface area contributed by atoms with E-state index in [2.05, 4.69) is 5.32 Å². The summed E-state index contributed by atoms with van der Waals surface area (Å²) in [5.74, 6) is -0.143. The van der Waals surface area contributed by atoms with Gasteiger partial charge in [-0.1, -0.05) is 6.07 Å². The Hall–Kier alpha value is -2.28. The molecule has 0 saturated heterocycles. The van der Waals surface area contributed by atoms with E-state index in [0.29, 0.717) is 16.3 Å². The topological polar surface area (TPSA) is 107 Å². The minimum Gasteiger partial charge on any atom is -0.496 e. The second-order valence-corrected chi connectivity index (χ2v) is 5.20. The number of ether oxygens (including phenoxy) is 1. The first kappa shape index (κ1) is 14.1. The summed E-state index contributed by atoms with van der Waals surface area (Å²) in [5, 5.41) is 3.36. The largest absolute Gasteiger partial charge is 0.496 e. The average Bonchev–Trinajstić information content (AvgIpc) is 2.76. The molecule has 0 saturated carbocycles. The molecule has 1 aromatic carbocycles. The van der Waals surface area contributed by atoms with Crippen molar-refractivity contribution in [2.45, 2.75) is 6.42 Å². The van der Waals surface area contributed by atoms with Gasteiger partial charge in [-0.05, 0) is 12.1 Å². The smallest absolute Gasteiger partial charge is 0.263 e. The Balaban J connectivity index is 2.29. The summed E-state index contributed by atoms with van der Waals surface area (Å²) < 4.78 is 6.12. The van der Waals surface area contributed by atoms with Gasteiger partial charge in [0.25, 0.3) is 5.91 Å². The lowest BCUT2D eigenvalue weighted by atomic mass is 10.2. The first-order valence-electron chi connectivity index (χ1n) is 5.96. The van der Waals surface area contributed by atoms with Crippen molar-refractivity contribution in [3.63, 3.8) is 0 Å². The van der Waals surface area contributed by atoms with E-state index in [4.69, 9.17) is 16.2 Å². The van der Waals surface area contributed by atoms with Crippen molar-refractivity contribution in [2.24, 2.45) is 5.73 Å². The second kappa shape index (κ2) is 5.79. The van der Waals surface area contributed by atoms with Gasteiger partial charge in [0.2, 0.25) is 5.91 Å². The van der Waals surface area contributed by atoms with Crippen molar-refractivity contribution in [3.8, 4) is 5.75 Å². The normalized spacial score (nSPS) is 10.4. The summed E-state index contributed by atoms with van der Waals surface area (Å²) in [6.07, 6.45) is 0.0971. The number of thiophene rings is 1. The van der Waals surface area contributed by atoms with Crippen LogP contribution in [0.1, 0.15) is 16.1 Å². The number of hydrogen-bond acceptors (Lipinski definition) is 5. The number of anilines is 1. The van der Waals surface area contributed by atoms with Crippen LogP contribution >= 0.6 is 11.3 Å². The lowest BCUT2D eigenvalue weighted by Crippen LogP contribution is -2.27. The maximum Gasteiger partial charge on any atom is 0.263 e. The molecule has 20 heavy (non-hydrogen) atoms. The van der Waals surface area contributed by atoms with Crippen molar-refractivity contribution in [2.75, 3.05) is 19.4 Å². The van der Waals surface area contributed by atoms with Crippen LogP contribution in [0.4, 0.5) is 5.69 Å². The SMILES string of the molecule is COc1cccc2sc(C(=O)NCCC(N)=O)c(N)c12. The number of nitrogens with one attached hydrogen (secondary N) is 1. The fraction of sp³-hybridized carbons (Fsp3) is 0.231. The van der Waals surface area contributed by atoms with Gasteiger partial charge in [-0.2, -0.15) is 0 Å². The molecule has 0 aliphatic heterocycles. The Morgan fingerprint density at radius 3 is 2.80 bits per heavy atom. The summed E-state index contributed by atoms with van der Waals surface area (Å²) in [5.41, 5.74) is 11.4. The summed E-state index contributed by atoms with van der Waals surface area (Å²) >= 11 is 1.29. The lowest BCUT2D eigenvalue weighted by molar-refractivity contribution is -0.117. The molecular formula is C13H15N3O3S. The zero-order valence-electron chi connectivity index (χ0n) is 10.9. The molecule has 5 N–H and O–H groups in total. The number of benzene rings is 1. The molecule has 0 aliphatic rings. The molecule has 106 valence electrons. The molecule has 0 bridgehead atoms. The number of fused-ring (bicyclic) bond motifs is 1. The van der Waals surface area contributed by atoms with Crippen molar-refractivity contribution in [1.29, 1.82) is 0 Å². The van der Waals surface area contributed by atoms with Crippen molar-refractivity contribution >= 4 is 38.9 Å². The van der Waals surface area contributed by atoms with Crippen LogP contribution in [0.25, 0.3) is 10.1 Å². The molecule has 0 atom stereocenters. The van der Waals surface area contributed by atoms with Crippen LogP contribution in [0, 0.1) is 0 Å². The highest BCUT2D eigenvalue weighted by molar-refractivity contribution is 7.21. The first-order chi connectivity index (χ1) is 9.54. The van der Waals surface area contributed by atoms with Crippen molar-refractivity contribution in [3.05, 3.63) is 23.1 Å². The minimum atomic E-state index is -0.462. The summed E-state index contributed by atoms with van der Waals surface area (Å²) in [4.78, 5) is 23.1. The highest BCUT2D eigenvalue weighted by atomic mass is 32.1. The fourth-order valence-electron chi connectivity index (χ4n) is 1.86. The molecule has 0 unspecified atom stereocenters. The summed E-state index contributed by atoms with van der Waals surface area (Å²) in [6.45, 7) is 0.193. The molecule has 7 heteroatoms. The van der Waals surface area contributed by atoms with E-state index >= 15 is 0 Å². The van der Waals surface area contributed by atoms with Crippen molar-refractivity contribution in [1.82, 2.24) is 5.32 Å². The zero-order chi connectivity index (χ0) is 14.7. The maximum absolute atomic E-state index is 12.0. The van der Waals surface area contributed by atoms with Gasteiger partial charge < -0.3 is 21.5 Å². The maximum atomic E-state index is 12.0. The molecule has 2 amide bonds.